The van der Waals surface area contributed by atoms with Crippen LogP contribution in [-0.2, 0) is 16.6 Å². The van der Waals surface area contributed by atoms with E-state index in [-0.39, 0.29) is 0 Å². The lowest BCUT2D eigenvalue weighted by Crippen LogP contribution is -2.28. The van der Waals surface area contributed by atoms with Crippen molar-refractivity contribution >= 4 is 10.8 Å². The highest BCUT2D eigenvalue weighted by Crippen LogP contribution is 2.08. The Morgan fingerprint density at radius 3 is 3.13 bits per heavy atom. The van der Waals surface area contributed by atoms with Crippen molar-refractivity contribution in [2.45, 2.75) is 24.6 Å². The molecule has 0 aliphatic carbocycles. The lowest BCUT2D eigenvalue weighted by molar-refractivity contribution is 0.642. The molecule has 4 heteroatoms. The van der Waals surface area contributed by atoms with Crippen LogP contribution in [0.4, 0.5) is 0 Å². The average Bonchev–Trinajstić information content (AvgIpc) is 2.71. The Hall–Kier alpha value is -0.740. The third-order valence-corrected chi connectivity index (χ3v) is 3.98. The second-order valence-electron chi connectivity index (χ2n) is 3.87. The molecule has 1 fully saturated rings. The van der Waals surface area contributed by atoms with Crippen LogP contribution >= 0.6 is 0 Å². The van der Waals surface area contributed by atoms with Gasteiger partial charge in [0.15, 0.2) is 0 Å². The third-order valence-electron chi connectivity index (χ3n) is 2.58. The lowest BCUT2D eigenvalue weighted by atomic mass is 10.3. The molecule has 0 radical (unpaired) electrons. The van der Waals surface area contributed by atoms with Gasteiger partial charge in [-0.2, -0.15) is 0 Å². The normalized spacial score (nSPS) is 22.8. The molecule has 0 amide bonds. The monoisotopic (exact) mass is 224 g/mol. The molecule has 1 aliphatic heterocycles. The van der Waals surface area contributed by atoms with Crippen molar-refractivity contribution in [1.29, 1.82) is 0 Å². The quantitative estimate of drug-likeness (QED) is 0.832. The fourth-order valence-electron chi connectivity index (χ4n) is 1.83. The molecule has 0 unspecified atom stereocenters. The predicted molar refractivity (Wildman–Crippen MR) is 62.0 cm³/mol. The van der Waals surface area contributed by atoms with Crippen LogP contribution in [0.5, 0.6) is 0 Å². The Morgan fingerprint density at radius 2 is 2.47 bits per heavy atom. The second kappa shape index (κ2) is 5.37. The SMILES string of the molecule is O=[S@@](Cc1ccccn1)C[C@H]1CCCN1. The number of hydrogen-bond acceptors (Lipinski definition) is 3. The van der Waals surface area contributed by atoms with E-state index >= 15 is 0 Å². The summed E-state index contributed by atoms with van der Waals surface area (Å²) in [7, 11) is -0.786. The highest BCUT2D eigenvalue weighted by molar-refractivity contribution is 7.84. The summed E-state index contributed by atoms with van der Waals surface area (Å²) in [5.74, 6) is 1.34. The van der Waals surface area contributed by atoms with Gasteiger partial charge in [0.25, 0.3) is 0 Å². The van der Waals surface area contributed by atoms with Crippen LogP contribution < -0.4 is 5.32 Å². The van der Waals surface area contributed by atoms with Gasteiger partial charge in [-0.25, -0.2) is 0 Å². The van der Waals surface area contributed by atoms with Gasteiger partial charge in [-0.3, -0.25) is 9.19 Å². The maximum Gasteiger partial charge on any atom is 0.0659 e. The predicted octanol–water partition coefficient (Wildman–Crippen LogP) is 1.08. The van der Waals surface area contributed by atoms with Gasteiger partial charge in [0, 0.05) is 28.8 Å². The number of nitrogens with one attached hydrogen (secondary N) is 1. The van der Waals surface area contributed by atoms with Gasteiger partial charge in [-0.15, -0.1) is 0 Å². The molecular formula is C11H16N2OS. The molecule has 1 aliphatic rings. The number of aromatic nitrogens is 1. The van der Waals surface area contributed by atoms with E-state index in [4.69, 9.17) is 0 Å². The van der Waals surface area contributed by atoms with Crippen molar-refractivity contribution in [2.24, 2.45) is 0 Å². The Kier molecular flexibility index (Phi) is 3.86. The Labute approximate surface area is 92.8 Å². The molecule has 82 valence electrons. The van der Waals surface area contributed by atoms with E-state index in [2.05, 4.69) is 10.3 Å². The fraction of sp³-hybridized carbons (Fsp3) is 0.545. The molecule has 15 heavy (non-hydrogen) atoms. The van der Waals surface area contributed by atoms with E-state index in [1.54, 1.807) is 6.20 Å². The summed E-state index contributed by atoms with van der Waals surface area (Å²) in [6, 6.07) is 6.20. The standard InChI is InChI=1S/C11H16N2OS/c14-15(9-11-5-3-7-13-11)8-10-4-1-2-6-12-10/h1-2,4,6,11,13H,3,5,7-9H2/t11-,15+/m1/s1. The molecule has 0 saturated carbocycles. The van der Waals surface area contributed by atoms with Gasteiger partial charge in [0.05, 0.1) is 11.4 Å². The first kappa shape index (κ1) is 10.8. The molecule has 0 bridgehead atoms. The minimum absolute atomic E-state index is 0.453. The molecule has 2 atom stereocenters. The zero-order valence-electron chi connectivity index (χ0n) is 8.69. The molecular weight excluding hydrogens is 208 g/mol. The molecule has 1 saturated heterocycles. The molecule has 1 N–H and O–H groups in total. The Morgan fingerprint density at radius 1 is 1.53 bits per heavy atom. The first-order valence-corrected chi connectivity index (χ1v) is 6.81. The van der Waals surface area contributed by atoms with Crippen LogP contribution in [0.1, 0.15) is 18.5 Å². The van der Waals surface area contributed by atoms with E-state index in [9.17, 15) is 4.21 Å². The van der Waals surface area contributed by atoms with Crippen LogP contribution in [0, 0.1) is 0 Å². The highest BCUT2D eigenvalue weighted by atomic mass is 32.2. The number of pyridine rings is 1. The zero-order chi connectivity index (χ0) is 10.5. The summed E-state index contributed by atoms with van der Waals surface area (Å²) in [5, 5.41) is 3.36. The summed E-state index contributed by atoms with van der Waals surface area (Å²) in [6.07, 6.45) is 4.12. The molecule has 0 aromatic carbocycles. The van der Waals surface area contributed by atoms with Crippen LogP contribution in [0.25, 0.3) is 0 Å². The van der Waals surface area contributed by atoms with Gasteiger partial charge >= 0.3 is 0 Å². The minimum Gasteiger partial charge on any atom is -0.313 e. The average molecular weight is 224 g/mol. The highest BCUT2D eigenvalue weighted by Gasteiger charge is 2.16. The Bertz CT molecular complexity index is 323. The summed E-state index contributed by atoms with van der Waals surface area (Å²) < 4.78 is 11.8. The molecule has 1 aromatic rings. The molecule has 1 aromatic heterocycles. The van der Waals surface area contributed by atoms with Gasteiger partial charge < -0.3 is 5.32 Å². The first-order chi connectivity index (χ1) is 7.34. The summed E-state index contributed by atoms with van der Waals surface area (Å²) in [5.41, 5.74) is 0.925. The van der Waals surface area contributed by atoms with Gasteiger partial charge in [-0.1, -0.05) is 6.07 Å². The smallest absolute Gasteiger partial charge is 0.0659 e. The van der Waals surface area contributed by atoms with Crippen LogP contribution in [0.3, 0.4) is 0 Å². The van der Waals surface area contributed by atoms with E-state index in [0.29, 0.717) is 11.8 Å². The van der Waals surface area contributed by atoms with Crippen molar-refractivity contribution in [3.05, 3.63) is 30.1 Å². The van der Waals surface area contributed by atoms with Crippen LogP contribution in [0.2, 0.25) is 0 Å². The fourth-order valence-corrected chi connectivity index (χ4v) is 3.18. The summed E-state index contributed by atoms with van der Waals surface area (Å²) in [6.45, 7) is 1.07. The van der Waals surface area contributed by atoms with E-state index < -0.39 is 10.8 Å². The zero-order valence-corrected chi connectivity index (χ0v) is 9.50. The summed E-state index contributed by atoms with van der Waals surface area (Å²) in [4.78, 5) is 4.18. The number of hydrogen-bond donors (Lipinski definition) is 1. The van der Waals surface area contributed by atoms with E-state index in [1.165, 1.54) is 6.42 Å². The van der Waals surface area contributed by atoms with Crippen LogP contribution in [-0.4, -0.2) is 27.5 Å². The van der Waals surface area contributed by atoms with E-state index in [1.807, 2.05) is 18.2 Å². The van der Waals surface area contributed by atoms with Gasteiger partial charge in [0.1, 0.15) is 0 Å². The van der Waals surface area contributed by atoms with Gasteiger partial charge in [0.2, 0.25) is 0 Å². The minimum atomic E-state index is -0.786. The maximum absolute atomic E-state index is 11.8. The topological polar surface area (TPSA) is 42.0 Å². The van der Waals surface area contributed by atoms with Crippen molar-refractivity contribution in [1.82, 2.24) is 10.3 Å². The molecule has 3 nitrogen and oxygen atoms in total. The Balaban J connectivity index is 1.82. The number of rotatable bonds is 4. The third kappa shape index (κ3) is 3.39. The van der Waals surface area contributed by atoms with Crippen molar-refractivity contribution in [3.63, 3.8) is 0 Å². The first-order valence-electron chi connectivity index (χ1n) is 5.33. The van der Waals surface area contributed by atoms with Crippen molar-refractivity contribution in [2.75, 3.05) is 12.3 Å². The molecule has 2 heterocycles. The van der Waals surface area contributed by atoms with Crippen molar-refractivity contribution in [3.8, 4) is 0 Å². The summed E-state index contributed by atoms with van der Waals surface area (Å²) >= 11 is 0. The number of nitrogens with zero attached hydrogens (tertiary/aromatic N) is 1. The van der Waals surface area contributed by atoms with Crippen molar-refractivity contribution < 1.29 is 4.21 Å². The molecule has 0 spiro atoms. The van der Waals surface area contributed by atoms with Crippen LogP contribution in [0.15, 0.2) is 24.4 Å². The second-order valence-corrected chi connectivity index (χ2v) is 5.37. The largest absolute Gasteiger partial charge is 0.313 e. The maximum atomic E-state index is 11.8. The molecule has 2 rings (SSSR count). The lowest BCUT2D eigenvalue weighted by Gasteiger charge is -2.08. The van der Waals surface area contributed by atoms with E-state index in [0.717, 1.165) is 24.4 Å². The van der Waals surface area contributed by atoms with Gasteiger partial charge in [-0.05, 0) is 31.5 Å².